The zero-order valence-electron chi connectivity index (χ0n) is 8.34. The smallest absolute Gasteiger partial charge is 0.0558 e. The van der Waals surface area contributed by atoms with Gasteiger partial charge in [-0.05, 0) is 19.5 Å². The molecule has 2 N–H and O–H groups in total. The van der Waals surface area contributed by atoms with E-state index in [1.807, 2.05) is 0 Å². The second-order valence-electron chi connectivity index (χ2n) is 2.96. The Morgan fingerprint density at radius 2 is 2.00 bits per heavy atom. The third kappa shape index (κ3) is 6.58. The van der Waals surface area contributed by atoms with E-state index in [-0.39, 0.29) is 6.61 Å². The quantitative estimate of drug-likeness (QED) is 0.530. The summed E-state index contributed by atoms with van der Waals surface area (Å²) in [4.78, 5) is 2.24. The standard InChI is InChI=1S/C9H22N2O/c1-3-5-6-11(7-8-12)9-10-4-2/h10,12H,3-9H2,1-2H3. The van der Waals surface area contributed by atoms with Gasteiger partial charge in [0.2, 0.25) is 0 Å². The van der Waals surface area contributed by atoms with Gasteiger partial charge in [-0.15, -0.1) is 0 Å². The van der Waals surface area contributed by atoms with Crippen molar-refractivity contribution in [3.05, 3.63) is 0 Å². The zero-order chi connectivity index (χ0) is 9.23. The topological polar surface area (TPSA) is 35.5 Å². The van der Waals surface area contributed by atoms with Crippen molar-refractivity contribution < 1.29 is 5.11 Å². The second kappa shape index (κ2) is 8.97. The molecule has 0 atom stereocenters. The minimum atomic E-state index is 0.259. The van der Waals surface area contributed by atoms with E-state index in [1.54, 1.807) is 0 Å². The lowest BCUT2D eigenvalue weighted by molar-refractivity contribution is 0.185. The van der Waals surface area contributed by atoms with Crippen molar-refractivity contribution >= 4 is 0 Å². The summed E-state index contributed by atoms with van der Waals surface area (Å²) < 4.78 is 0. The SMILES string of the molecule is CCCCN(CCO)CNCC. The van der Waals surface area contributed by atoms with Crippen molar-refractivity contribution in [1.29, 1.82) is 0 Å². The minimum absolute atomic E-state index is 0.259. The van der Waals surface area contributed by atoms with E-state index >= 15 is 0 Å². The molecule has 74 valence electrons. The van der Waals surface area contributed by atoms with Crippen LogP contribution in [0, 0.1) is 0 Å². The molecule has 0 aromatic rings. The summed E-state index contributed by atoms with van der Waals surface area (Å²) in [7, 11) is 0. The van der Waals surface area contributed by atoms with Crippen LogP contribution in [0.15, 0.2) is 0 Å². The summed E-state index contributed by atoms with van der Waals surface area (Å²) in [5.41, 5.74) is 0. The van der Waals surface area contributed by atoms with E-state index in [2.05, 4.69) is 24.1 Å². The van der Waals surface area contributed by atoms with Crippen LogP contribution in [0.4, 0.5) is 0 Å². The van der Waals surface area contributed by atoms with Crippen molar-refractivity contribution in [2.24, 2.45) is 0 Å². The molecule has 0 saturated carbocycles. The molecule has 0 unspecified atom stereocenters. The van der Waals surface area contributed by atoms with Gasteiger partial charge < -0.3 is 10.4 Å². The van der Waals surface area contributed by atoms with Crippen LogP contribution < -0.4 is 5.32 Å². The van der Waals surface area contributed by atoms with Crippen LogP contribution in [0.1, 0.15) is 26.7 Å². The minimum Gasteiger partial charge on any atom is -0.395 e. The fourth-order valence-corrected chi connectivity index (χ4v) is 1.06. The van der Waals surface area contributed by atoms with Gasteiger partial charge in [-0.2, -0.15) is 0 Å². The molecular formula is C9H22N2O. The van der Waals surface area contributed by atoms with Gasteiger partial charge in [-0.3, -0.25) is 4.90 Å². The lowest BCUT2D eigenvalue weighted by Gasteiger charge is -2.20. The Labute approximate surface area is 75.8 Å². The second-order valence-corrected chi connectivity index (χ2v) is 2.96. The first-order chi connectivity index (χ1) is 5.85. The van der Waals surface area contributed by atoms with E-state index in [4.69, 9.17) is 5.11 Å². The Morgan fingerprint density at radius 3 is 2.50 bits per heavy atom. The van der Waals surface area contributed by atoms with Crippen LogP contribution in [0.25, 0.3) is 0 Å². The molecule has 0 aliphatic rings. The van der Waals surface area contributed by atoms with Crippen molar-refractivity contribution in [1.82, 2.24) is 10.2 Å². The Kier molecular flexibility index (Phi) is 8.88. The number of unbranched alkanes of at least 4 members (excludes halogenated alkanes) is 1. The molecule has 0 amide bonds. The maximum Gasteiger partial charge on any atom is 0.0558 e. The van der Waals surface area contributed by atoms with Gasteiger partial charge in [0, 0.05) is 13.2 Å². The summed E-state index contributed by atoms with van der Waals surface area (Å²) >= 11 is 0. The number of hydrogen-bond donors (Lipinski definition) is 2. The van der Waals surface area contributed by atoms with Crippen molar-refractivity contribution in [2.45, 2.75) is 26.7 Å². The normalized spacial score (nSPS) is 11.0. The molecule has 0 aliphatic carbocycles. The maximum atomic E-state index is 8.77. The van der Waals surface area contributed by atoms with Crippen LogP contribution in [0.3, 0.4) is 0 Å². The third-order valence-corrected chi connectivity index (χ3v) is 1.83. The number of nitrogens with one attached hydrogen (secondary N) is 1. The first kappa shape index (κ1) is 11.9. The fourth-order valence-electron chi connectivity index (χ4n) is 1.06. The van der Waals surface area contributed by atoms with Crippen molar-refractivity contribution in [3.63, 3.8) is 0 Å². The predicted molar refractivity (Wildman–Crippen MR) is 52.1 cm³/mol. The van der Waals surface area contributed by atoms with Gasteiger partial charge in [0.05, 0.1) is 6.61 Å². The van der Waals surface area contributed by atoms with Crippen molar-refractivity contribution in [2.75, 3.05) is 32.9 Å². The largest absolute Gasteiger partial charge is 0.395 e. The first-order valence-corrected chi connectivity index (χ1v) is 4.89. The molecule has 0 aromatic carbocycles. The average molecular weight is 174 g/mol. The summed E-state index contributed by atoms with van der Waals surface area (Å²) in [6.45, 7) is 8.30. The monoisotopic (exact) mass is 174 g/mol. The van der Waals surface area contributed by atoms with Gasteiger partial charge in [0.1, 0.15) is 0 Å². The molecule has 3 heteroatoms. The van der Waals surface area contributed by atoms with E-state index in [9.17, 15) is 0 Å². The van der Waals surface area contributed by atoms with Gasteiger partial charge in [-0.1, -0.05) is 20.3 Å². The van der Waals surface area contributed by atoms with Crippen LogP contribution in [0.2, 0.25) is 0 Å². The number of nitrogens with zero attached hydrogens (tertiary/aromatic N) is 1. The molecule has 0 aliphatic heterocycles. The van der Waals surface area contributed by atoms with E-state index in [0.29, 0.717) is 0 Å². The highest BCUT2D eigenvalue weighted by Gasteiger charge is 2.00. The predicted octanol–water partition coefficient (Wildman–Crippen LogP) is 0.648. The first-order valence-electron chi connectivity index (χ1n) is 4.89. The van der Waals surface area contributed by atoms with E-state index in [0.717, 1.165) is 26.3 Å². The summed E-state index contributed by atoms with van der Waals surface area (Å²) in [5.74, 6) is 0. The van der Waals surface area contributed by atoms with E-state index in [1.165, 1.54) is 12.8 Å². The lowest BCUT2D eigenvalue weighted by atomic mass is 10.3. The molecule has 0 bridgehead atoms. The molecule has 0 saturated heterocycles. The van der Waals surface area contributed by atoms with Gasteiger partial charge >= 0.3 is 0 Å². The lowest BCUT2D eigenvalue weighted by Crippen LogP contribution is -2.36. The molecular weight excluding hydrogens is 152 g/mol. The Bertz CT molecular complexity index is 80.6. The maximum absolute atomic E-state index is 8.77. The number of rotatable bonds is 8. The van der Waals surface area contributed by atoms with E-state index < -0.39 is 0 Å². The summed E-state index contributed by atoms with van der Waals surface area (Å²) in [5, 5.41) is 12.0. The highest BCUT2D eigenvalue weighted by Crippen LogP contribution is 1.92. The number of aliphatic hydroxyl groups excluding tert-OH is 1. The van der Waals surface area contributed by atoms with Crippen LogP contribution in [-0.2, 0) is 0 Å². The Morgan fingerprint density at radius 1 is 1.25 bits per heavy atom. The summed E-state index contributed by atoms with van der Waals surface area (Å²) in [6, 6.07) is 0. The summed E-state index contributed by atoms with van der Waals surface area (Å²) in [6.07, 6.45) is 2.43. The number of aliphatic hydroxyl groups is 1. The van der Waals surface area contributed by atoms with Crippen molar-refractivity contribution in [3.8, 4) is 0 Å². The fraction of sp³-hybridized carbons (Fsp3) is 1.00. The molecule has 0 radical (unpaired) electrons. The Balaban J connectivity index is 3.40. The highest BCUT2D eigenvalue weighted by molar-refractivity contribution is 4.54. The number of hydrogen-bond acceptors (Lipinski definition) is 3. The molecule has 12 heavy (non-hydrogen) atoms. The molecule has 0 spiro atoms. The van der Waals surface area contributed by atoms with Gasteiger partial charge in [0.25, 0.3) is 0 Å². The van der Waals surface area contributed by atoms with Gasteiger partial charge in [0.15, 0.2) is 0 Å². The molecule has 0 rings (SSSR count). The Hall–Kier alpha value is -0.120. The highest BCUT2D eigenvalue weighted by atomic mass is 16.3. The van der Waals surface area contributed by atoms with Gasteiger partial charge in [-0.25, -0.2) is 0 Å². The zero-order valence-corrected chi connectivity index (χ0v) is 8.34. The molecule has 0 fully saturated rings. The van der Waals surface area contributed by atoms with Crippen LogP contribution >= 0.6 is 0 Å². The molecule has 3 nitrogen and oxygen atoms in total. The van der Waals surface area contributed by atoms with Crippen LogP contribution in [-0.4, -0.2) is 42.9 Å². The third-order valence-electron chi connectivity index (χ3n) is 1.83. The average Bonchev–Trinajstić information content (AvgIpc) is 2.10. The molecule has 0 aromatic heterocycles. The van der Waals surface area contributed by atoms with Crippen LogP contribution in [0.5, 0.6) is 0 Å². The molecule has 0 heterocycles.